The Kier molecular flexibility index (Phi) is 5.85. The minimum atomic E-state index is -2.74. The number of nitriles is 2. The number of nitrogens with zero attached hydrogens (tertiary/aromatic N) is 7. The first-order chi connectivity index (χ1) is 17.8. The van der Waals surface area contributed by atoms with Gasteiger partial charge in [-0.2, -0.15) is 20.5 Å². The molecule has 0 unspecified atom stereocenters. The Bertz CT molecular complexity index is 1690. The van der Waals surface area contributed by atoms with E-state index >= 15 is 0 Å². The van der Waals surface area contributed by atoms with Crippen molar-refractivity contribution < 1.29 is 8.78 Å². The number of nitrogen functional groups attached to an aromatic ring is 2. The third-order valence-electron chi connectivity index (χ3n) is 6.30. The van der Waals surface area contributed by atoms with E-state index in [1.807, 2.05) is 6.07 Å². The number of fused-ring (bicyclic) bond motifs is 1. The highest BCUT2D eigenvalue weighted by Gasteiger charge is 2.34. The van der Waals surface area contributed by atoms with Crippen LogP contribution in [0.1, 0.15) is 47.8 Å². The van der Waals surface area contributed by atoms with E-state index in [-0.39, 0.29) is 56.7 Å². The second-order valence-corrected chi connectivity index (χ2v) is 8.45. The van der Waals surface area contributed by atoms with Crippen LogP contribution in [0.5, 0.6) is 0 Å². The van der Waals surface area contributed by atoms with Crippen molar-refractivity contribution in [2.75, 3.05) is 22.9 Å². The molecular formula is C25H19F2N9O. The van der Waals surface area contributed by atoms with Crippen molar-refractivity contribution in [1.82, 2.24) is 19.5 Å². The van der Waals surface area contributed by atoms with E-state index in [2.05, 4.69) is 16.0 Å². The minimum absolute atomic E-state index is 0.0215. The molecule has 1 aliphatic rings. The first-order valence-electron chi connectivity index (χ1n) is 11.3. The Morgan fingerprint density at radius 3 is 2.57 bits per heavy atom. The van der Waals surface area contributed by atoms with Gasteiger partial charge in [0.2, 0.25) is 5.95 Å². The van der Waals surface area contributed by atoms with E-state index in [4.69, 9.17) is 16.5 Å². The van der Waals surface area contributed by atoms with Crippen molar-refractivity contribution in [2.45, 2.75) is 25.3 Å². The predicted molar refractivity (Wildman–Crippen MR) is 132 cm³/mol. The van der Waals surface area contributed by atoms with Crippen LogP contribution in [0.15, 0.2) is 47.3 Å². The molecule has 1 atom stereocenters. The van der Waals surface area contributed by atoms with Gasteiger partial charge in [0.15, 0.2) is 5.82 Å². The maximum Gasteiger partial charge on any atom is 0.266 e. The Balaban J connectivity index is 1.82. The summed E-state index contributed by atoms with van der Waals surface area (Å²) in [7, 11) is 0. The zero-order valence-corrected chi connectivity index (χ0v) is 19.3. The van der Waals surface area contributed by atoms with Gasteiger partial charge in [-0.3, -0.25) is 9.36 Å². The summed E-state index contributed by atoms with van der Waals surface area (Å²) in [5, 5.41) is 19.5. The van der Waals surface area contributed by atoms with Gasteiger partial charge >= 0.3 is 0 Å². The fourth-order valence-corrected chi connectivity index (χ4v) is 4.68. The molecule has 0 saturated carbocycles. The summed E-state index contributed by atoms with van der Waals surface area (Å²) in [6.45, 7) is 0.431. The van der Waals surface area contributed by atoms with Crippen molar-refractivity contribution in [2.24, 2.45) is 0 Å². The van der Waals surface area contributed by atoms with E-state index in [1.165, 1.54) is 28.8 Å². The number of hydrogen-bond donors (Lipinski definition) is 2. The standard InChI is InChI=1S/C25H19F2N9O/c26-20(27)13-4-1-6-15(10-13)36-23(32-19-14(11-28)5-2-7-16(19)24(36)37)18-8-3-9-35(18)22-17(12-29)21(30)33-25(31)34-22/h1-2,4-7,10,18,20H,3,8-9H2,(H4,30,31,33,34)/t18-/m0/s1. The van der Waals surface area contributed by atoms with Crippen LogP contribution in [0.2, 0.25) is 0 Å². The number of nitrogens with two attached hydrogens (primary N) is 2. The summed E-state index contributed by atoms with van der Waals surface area (Å²) in [6.07, 6.45) is -1.61. The highest BCUT2D eigenvalue weighted by molar-refractivity contribution is 5.84. The number of alkyl halides is 2. The molecule has 0 aliphatic carbocycles. The topological polar surface area (TPSA) is 164 Å². The molecular weight excluding hydrogens is 480 g/mol. The normalized spacial score (nSPS) is 15.2. The minimum Gasteiger partial charge on any atom is -0.382 e. The smallest absolute Gasteiger partial charge is 0.266 e. The van der Waals surface area contributed by atoms with Gasteiger partial charge in [0.05, 0.1) is 28.2 Å². The number of rotatable bonds is 4. The molecule has 1 fully saturated rings. The van der Waals surface area contributed by atoms with E-state index in [1.54, 1.807) is 23.1 Å². The van der Waals surface area contributed by atoms with Crippen molar-refractivity contribution >= 4 is 28.5 Å². The summed E-state index contributed by atoms with van der Waals surface area (Å²) in [6, 6.07) is 13.6. The third-order valence-corrected chi connectivity index (χ3v) is 6.30. The van der Waals surface area contributed by atoms with Crippen LogP contribution in [0.25, 0.3) is 16.6 Å². The molecule has 5 rings (SSSR count). The van der Waals surface area contributed by atoms with Gasteiger partial charge in [-0.05, 0) is 37.1 Å². The number of benzene rings is 2. The lowest BCUT2D eigenvalue weighted by Gasteiger charge is -2.28. The van der Waals surface area contributed by atoms with Crippen LogP contribution in [-0.4, -0.2) is 26.1 Å². The molecule has 0 radical (unpaired) electrons. The average molecular weight is 499 g/mol. The van der Waals surface area contributed by atoms with E-state index in [9.17, 15) is 24.1 Å². The molecule has 0 amide bonds. The van der Waals surface area contributed by atoms with E-state index in [0.717, 1.165) is 0 Å². The molecule has 2 aromatic carbocycles. The quantitative estimate of drug-likeness (QED) is 0.428. The molecule has 37 heavy (non-hydrogen) atoms. The highest BCUT2D eigenvalue weighted by atomic mass is 19.3. The Morgan fingerprint density at radius 1 is 1.05 bits per heavy atom. The fraction of sp³-hybridized carbons (Fsp3) is 0.200. The molecule has 4 N–H and O–H groups in total. The molecule has 3 heterocycles. The van der Waals surface area contributed by atoms with Crippen molar-refractivity contribution in [3.05, 3.63) is 75.3 Å². The van der Waals surface area contributed by atoms with Gasteiger partial charge < -0.3 is 16.4 Å². The molecule has 12 heteroatoms. The largest absolute Gasteiger partial charge is 0.382 e. The van der Waals surface area contributed by atoms with Crippen LogP contribution >= 0.6 is 0 Å². The monoisotopic (exact) mass is 499 g/mol. The van der Waals surface area contributed by atoms with Crippen molar-refractivity contribution in [1.29, 1.82) is 10.5 Å². The highest BCUT2D eigenvalue weighted by Crippen LogP contribution is 2.38. The molecule has 0 spiro atoms. The Morgan fingerprint density at radius 2 is 1.84 bits per heavy atom. The number of aromatic nitrogens is 4. The summed E-state index contributed by atoms with van der Waals surface area (Å²) in [4.78, 5) is 28.4. The molecule has 10 nitrogen and oxygen atoms in total. The van der Waals surface area contributed by atoms with Crippen LogP contribution in [-0.2, 0) is 0 Å². The Labute approximate surface area is 209 Å². The molecule has 0 bridgehead atoms. The second kappa shape index (κ2) is 9.17. The molecule has 2 aromatic heterocycles. The van der Waals surface area contributed by atoms with Gasteiger partial charge in [-0.1, -0.05) is 18.2 Å². The second-order valence-electron chi connectivity index (χ2n) is 8.45. The molecule has 1 aliphatic heterocycles. The van der Waals surface area contributed by atoms with Crippen LogP contribution < -0.4 is 21.9 Å². The lowest BCUT2D eigenvalue weighted by Crippen LogP contribution is -2.32. The predicted octanol–water partition coefficient (Wildman–Crippen LogP) is 3.36. The first-order valence-corrected chi connectivity index (χ1v) is 11.3. The van der Waals surface area contributed by atoms with Crippen molar-refractivity contribution in [3.8, 4) is 17.8 Å². The fourth-order valence-electron chi connectivity index (χ4n) is 4.68. The van der Waals surface area contributed by atoms with Crippen LogP contribution in [0, 0.1) is 22.7 Å². The molecule has 1 saturated heterocycles. The average Bonchev–Trinajstić information content (AvgIpc) is 3.37. The zero-order valence-electron chi connectivity index (χ0n) is 19.3. The van der Waals surface area contributed by atoms with Crippen LogP contribution in [0.4, 0.5) is 26.4 Å². The third kappa shape index (κ3) is 3.94. The summed E-state index contributed by atoms with van der Waals surface area (Å²) in [5.74, 6) is 0.183. The van der Waals surface area contributed by atoms with Gasteiger partial charge in [-0.15, -0.1) is 0 Å². The summed E-state index contributed by atoms with van der Waals surface area (Å²) >= 11 is 0. The zero-order chi connectivity index (χ0) is 26.3. The number of para-hydroxylation sites is 1. The maximum atomic E-state index is 13.8. The van der Waals surface area contributed by atoms with Crippen molar-refractivity contribution in [3.63, 3.8) is 0 Å². The molecule has 4 aromatic rings. The lowest BCUT2D eigenvalue weighted by molar-refractivity contribution is 0.151. The molecule has 184 valence electrons. The van der Waals surface area contributed by atoms with Gasteiger partial charge in [-0.25, -0.2) is 13.8 Å². The Hall–Kier alpha value is -5.10. The van der Waals surface area contributed by atoms with Gasteiger partial charge in [0.1, 0.15) is 29.3 Å². The van der Waals surface area contributed by atoms with E-state index in [0.29, 0.717) is 19.4 Å². The SMILES string of the molecule is N#Cc1c(N)nc(N)nc1N1CCC[C@H]1c1nc2c(C#N)cccc2c(=O)n1-c1cccc(C(F)F)c1. The summed E-state index contributed by atoms with van der Waals surface area (Å²) in [5.41, 5.74) is 11.6. The van der Waals surface area contributed by atoms with Crippen LogP contribution in [0.3, 0.4) is 0 Å². The summed E-state index contributed by atoms with van der Waals surface area (Å²) < 4.78 is 28.4. The number of anilines is 3. The number of hydrogen-bond acceptors (Lipinski definition) is 9. The van der Waals surface area contributed by atoms with E-state index < -0.39 is 18.0 Å². The maximum absolute atomic E-state index is 13.8. The number of halogens is 2. The first kappa shape index (κ1) is 23.6. The lowest BCUT2D eigenvalue weighted by atomic mass is 10.1. The van der Waals surface area contributed by atoms with Gasteiger partial charge in [0, 0.05) is 12.1 Å². The van der Waals surface area contributed by atoms with Gasteiger partial charge in [0.25, 0.3) is 12.0 Å².